The number of benzene rings is 2. The van der Waals surface area contributed by atoms with Crippen LogP contribution in [0.2, 0.25) is 5.02 Å². The summed E-state index contributed by atoms with van der Waals surface area (Å²) in [5.74, 6) is 0.269. The van der Waals surface area contributed by atoms with Gasteiger partial charge in [0.2, 0.25) is 0 Å². The molecular formula is C19H20ClNO5. The van der Waals surface area contributed by atoms with Crippen LogP contribution in [-0.4, -0.2) is 32.7 Å². The molecule has 1 amide bonds. The van der Waals surface area contributed by atoms with E-state index in [1.165, 1.54) is 7.11 Å². The maximum absolute atomic E-state index is 12.0. The average Bonchev–Trinajstić information content (AvgIpc) is 2.65. The van der Waals surface area contributed by atoms with Gasteiger partial charge in [-0.3, -0.25) is 9.59 Å². The molecule has 2 aromatic rings. The Morgan fingerprint density at radius 2 is 1.69 bits per heavy atom. The van der Waals surface area contributed by atoms with Gasteiger partial charge in [0.25, 0.3) is 5.91 Å². The van der Waals surface area contributed by atoms with Gasteiger partial charge >= 0.3 is 5.97 Å². The van der Waals surface area contributed by atoms with E-state index in [0.29, 0.717) is 22.1 Å². The second-order valence-electron chi connectivity index (χ2n) is 5.38. The van der Waals surface area contributed by atoms with E-state index in [0.717, 1.165) is 5.56 Å². The molecule has 0 saturated carbocycles. The molecule has 1 N–H and O–H groups in total. The molecule has 6 nitrogen and oxygen atoms in total. The Morgan fingerprint density at radius 3 is 2.42 bits per heavy atom. The first-order valence-corrected chi connectivity index (χ1v) is 8.28. The summed E-state index contributed by atoms with van der Waals surface area (Å²) in [6.45, 7) is -0.0840. The van der Waals surface area contributed by atoms with E-state index in [4.69, 9.17) is 25.8 Å². The molecular weight excluding hydrogens is 358 g/mol. The van der Waals surface area contributed by atoms with E-state index in [9.17, 15) is 9.59 Å². The van der Waals surface area contributed by atoms with Gasteiger partial charge < -0.3 is 19.5 Å². The number of methoxy groups -OCH3 is 2. The van der Waals surface area contributed by atoms with E-state index in [1.807, 2.05) is 18.2 Å². The second kappa shape index (κ2) is 9.68. The van der Waals surface area contributed by atoms with Crippen molar-refractivity contribution in [1.82, 2.24) is 5.32 Å². The van der Waals surface area contributed by atoms with Crippen molar-refractivity contribution in [1.29, 1.82) is 0 Å². The monoisotopic (exact) mass is 377 g/mol. The van der Waals surface area contributed by atoms with Crippen LogP contribution < -0.4 is 14.8 Å². The second-order valence-corrected chi connectivity index (χ2v) is 5.82. The fraction of sp³-hybridized carbons (Fsp3) is 0.263. The molecule has 7 heteroatoms. The third kappa shape index (κ3) is 5.67. The molecule has 0 saturated heterocycles. The van der Waals surface area contributed by atoms with Crippen LogP contribution in [-0.2, 0) is 27.3 Å². The summed E-state index contributed by atoms with van der Waals surface area (Å²) in [5.41, 5.74) is 1.43. The molecule has 0 atom stereocenters. The summed E-state index contributed by atoms with van der Waals surface area (Å²) in [6, 6.07) is 12.3. The molecule has 26 heavy (non-hydrogen) atoms. The first-order chi connectivity index (χ1) is 12.5. The van der Waals surface area contributed by atoms with Crippen molar-refractivity contribution >= 4 is 23.5 Å². The number of hydrogen-bond donors (Lipinski definition) is 1. The number of para-hydroxylation sites is 1. The number of ether oxygens (including phenoxy) is 3. The van der Waals surface area contributed by atoms with E-state index in [-0.39, 0.29) is 19.6 Å². The minimum Gasteiger partial charge on any atom is -0.496 e. The van der Waals surface area contributed by atoms with Crippen LogP contribution in [0.5, 0.6) is 11.5 Å². The normalized spacial score (nSPS) is 10.1. The molecule has 0 aliphatic heterocycles. The standard InChI is InChI=1S/C19H20ClNO5/c1-24-16-6-4-3-5-13(16)11-21-18(22)12-26-19(23)10-14-9-15(20)7-8-17(14)25-2/h3-9H,10-12H2,1-2H3,(H,21,22). The predicted molar refractivity (Wildman–Crippen MR) is 97.5 cm³/mol. The summed E-state index contributed by atoms with van der Waals surface area (Å²) in [5, 5.41) is 3.17. The van der Waals surface area contributed by atoms with Gasteiger partial charge in [-0.05, 0) is 24.3 Å². The van der Waals surface area contributed by atoms with Crippen LogP contribution in [0.4, 0.5) is 0 Å². The molecule has 0 aliphatic rings. The molecule has 0 aromatic heterocycles. The Bertz CT molecular complexity index is 778. The lowest BCUT2D eigenvalue weighted by atomic mass is 10.1. The molecule has 0 spiro atoms. The van der Waals surface area contributed by atoms with Gasteiger partial charge in [0, 0.05) is 22.7 Å². The Kier molecular flexibility index (Phi) is 7.29. The smallest absolute Gasteiger partial charge is 0.310 e. The SMILES string of the molecule is COc1ccccc1CNC(=O)COC(=O)Cc1cc(Cl)ccc1OC. The topological polar surface area (TPSA) is 73.9 Å². The highest BCUT2D eigenvalue weighted by molar-refractivity contribution is 6.30. The van der Waals surface area contributed by atoms with E-state index < -0.39 is 11.9 Å². The molecule has 0 radical (unpaired) electrons. The number of hydrogen-bond acceptors (Lipinski definition) is 5. The van der Waals surface area contributed by atoms with Crippen molar-refractivity contribution in [2.24, 2.45) is 0 Å². The Hall–Kier alpha value is -2.73. The van der Waals surface area contributed by atoms with Crippen LogP contribution in [0, 0.1) is 0 Å². The first kappa shape index (κ1) is 19.6. The lowest BCUT2D eigenvalue weighted by Crippen LogP contribution is -2.28. The summed E-state index contributed by atoms with van der Waals surface area (Å²) >= 11 is 5.93. The lowest BCUT2D eigenvalue weighted by Gasteiger charge is -2.11. The minimum absolute atomic E-state index is 0.0382. The molecule has 2 aromatic carbocycles. The minimum atomic E-state index is -0.544. The fourth-order valence-corrected chi connectivity index (χ4v) is 2.53. The summed E-state index contributed by atoms with van der Waals surface area (Å²) < 4.78 is 15.4. The molecule has 0 bridgehead atoms. The first-order valence-electron chi connectivity index (χ1n) is 7.90. The highest BCUT2D eigenvalue weighted by Crippen LogP contribution is 2.23. The van der Waals surface area contributed by atoms with Crippen molar-refractivity contribution in [3.05, 3.63) is 58.6 Å². The molecule has 0 aliphatic carbocycles. The molecule has 0 unspecified atom stereocenters. The molecule has 0 heterocycles. The largest absolute Gasteiger partial charge is 0.496 e. The number of esters is 1. The van der Waals surface area contributed by atoms with Gasteiger partial charge in [-0.25, -0.2) is 0 Å². The Labute approximate surface area is 157 Å². The van der Waals surface area contributed by atoms with Crippen LogP contribution >= 0.6 is 11.6 Å². The summed E-state index contributed by atoms with van der Waals surface area (Å²) in [7, 11) is 3.07. The number of amides is 1. The maximum Gasteiger partial charge on any atom is 0.310 e. The van der Waals surface area contributed by atoms with Gasteiger partial charge in [0.15, 0.2) is 6.61 Å². The van der Waals surface area contributed by atoms with Crippen molar-refractivity contribution in [2.75, 3.05) is 20.8 Å². The number of halogens is 1. The predicted octanol–water partition coefficient (Wildman–Crippen LogP) is 2.76. The summed E-state index contributed by atoms with van der Waals surface area (Å²) in [6.07, 6.45) is -0.0382. The van der Waals surface area contributed by atoms with Crippen LogP contribution in [0.25, 0.3) is 0 Å². The Morgan fingerprint density at radius 1 is 1.00 bits per heavy atom. The van der Waals surface area contributed by atoms with Crippen LogP contribution in [0.1, 0.15) is 11.1 Å². The van der Waals surface area contributed by atoms with E-state index in [1.54, 1.807) is 31.4 Å². The van der Waals surface area contributed by atoms with Gasteiger partial charge in [-0.1, -0.05) is 29.8 Å². The highest BCUT2D eigenvalue weighted by Gasteiger charge is 2.13. The lowest BCUT2D eigenvalue weighted by molar-refractivity contribution is -0.147. The van der Waals surface area contributed by atoms with Gasteiger partial charge in [0.05, 0.1) is 20.6 Å². The van der Waals surface area contributed by atoms with Crippen molar-refractivity contribution < 1.29 is 23.8 Å². The quantitative estimate of drug-likeness (QED) is 0.716. The van der Waals surface area contributed by atoms with Gasteiger partial charge in [-0.15, -0.1) is 0 Å². The van der Waals surface area contributed by atoms with Gasteiger partial charge in [0.1, 0.15) is 11.5 Å². The number of carbonyl (C=O) groups is 2. The van der Waals surface area contributed by atoms with E-state index in [2.05, 4.69) is 5.32 Å². The zero-order valence-corrected chi connectivity index (χ0v) is 15.3. The molecule has 0 fully saturated rings. The third-order valence-electron chi connectivity index (χ3n) is 3.61. The van der Waals surface area contributed by atoms with Crippen molar-refractivity contribution in [2.45, 2.75) is 13.0 Å². The van der Waals surface area contributed by atoms with Crippen molar-refractivity contribution in [3.63, 3.8) is 0 Å². The average molecular weight is 378 g/mol. The molecule has 138 valence electrons. The van der Waals surface area contributed by atoms with Crippen molar-refractivity contribution in [3.8, 4) is 11.5 Å². The summed E-state index contributed by atoms with van der Waals surface area (Å²) in [4.78, 5) is 23.8. The number of carbonyl (C=O) groups excluding carboxylic acids is 2. The maximum atomic E-state index is 12.0. The zero-order valence-electron chi connectivity index (χ0n) is 14.6. The fourth-order valence-electron chi connectivity index (χ4n) is 2.33. The van der Waals surface area contributed by atoms with Gasteiger partial charge in [-0.2, -0.15) is 0 Å². The third-order valence-corrected chi connectivity index (χ3v) is 3.85. The van der Waals surface area contributed by atoms with Crippen LogP contribution in [0.15, 0.2) is 42.5 Å². The number of rotatable bonds is 8. The van der Waals surface area contributed by atoms with E-state index >= 15 is 0 Å². The highest BCUT2D eigenvalue weighted by atomic mass is 35.5. The molecule has 2 rings (SSSR count). The number of nitrogens with one attached hydrogen (secondary N) is 1. The van der Waals surface area contributed by atoms with Crippen LogP contribution in [0.3, 0.4) is 0 Å². The Balaban J connectivity index is 1.82. The zero-order chi connectivity index (χ0) is 18.9.